The maximum Gasteiger partial charge on any atom is 0.323 e. The Bertz CT molecular complexity index is 794. The van der Waals surface area contributed by atoms with Crippen molar-refractivity contribution in [3.05, 3.63) is 63.7 Å². The molecule has 2 heteroatoms. The summed E-state index contributed by atoms with van der Waals surface area (Å²) < 4.78 is 5.60. The molecule has 0 fully saturated rings. The molecule has 2 aromatic rings. The lowest BCUT2D eigenvalue weighted by molar-refractivity contribution is -0.133. The monoisotopic (exact) mass is 308 g/mol. The molecule has 120 valence electrons. The highest BCUT2D eigenvalue weighted by Crippen LogP contribution is 2.43. The van der Waals surface area contributed by atoms with Gasteiger partial charge in [-0.3, -0.25) is 4.79 Å². The Balaban J connectivity index is 2.17. The fraction of sp³-hybridized carbons (Fsp3) is 0.381. The summed E-state index contributed by atoms with van der Waals surface area (Å²) in [4.78, 5) is 12.5. The molecule has 1 aliphatic heterocycles. The highest BCUT2D eigenvalue weighted by molar-refractivity contribution is 5.90. The molecule has 2 aromatic carbocycles. The smallest absolute Gasteiger partial charge is 0.323 e. The molecule has 3 rings (SSSR count). The van der Waals surface area contributed by atoms with E-state index in [0.717, 1.165) is 22.4 Å². The number of rotatable bonds is 1. The summed E-state index contributed by atoms with van der Waals surface area (Å²) >= 11 is 0. The van der Waals surface area contributed by atoms with E-state index in [0.29, 0.717) is 0 Å². The first-order valence-electron chi connectivity index (χ1n) is 8.12. The van der Waals surface area contributed by atoms with Crippen LogP contribution in [0.1, 0.15) is 60.1 Å². The SMILES string of the molecule is Cc1ccc(C2C(=O)Oc3c(C)cc(C(C)(C)C)cc32)cc1C. The molecular weight excluding hydrogens is 284 g/mol. The second kappa shape index (κ2) is 5.23. The number of esters is 1. The van der Waals surface area contributed by atoms with Crippen LogP contribution in [0.2, 0.25) is 0 Å². The average molecular weight is 308 g/mol. The van der Waals surface area contributed by atoms with Crippen LogP contribution >= 0.6 is 0 Å². The molecule has 1 aliphatic rings. The van der Waals surface area contributed by atoms with E-state index < -0.39 is 0 Å². The fourth-order valence-corrected chi connectivity index (χ4v) is 3.13. The van der Waals surface area contributed by atoms with Crippen LogP contribution in [0.25, 0.3) is 0 Å². The Labute approximate surface area is 138 Å². The second-order valence-corrected chi connectivity index (χ2v) is 7.66. The molecule has 0 radical (unpaired) electrons. The van der Waals surface area contributed by atoms with Crippen LogP contribution < -0.4 is 4.74 Å². The molecule has 0 aliphatic carbocycles. The first-order valence-corrected chi connectivity index (χ1v) is 8.12. The molecule has 0 saturated heterocycles. The van der Waals surface area contributed by atoms with E-state index in [2.05, 4.69) is 58.9 Å². The fourth-order valence-electron chi connectivity index (χ4n) is 3.13. The van der Waals surface area contributed by atoms with Gasteiger partial charge in [-0.2, -0.15) is 0 Å². The third kappa shape index (κ3) is 2.67. The predicted molar refractivity (Wildman–Crippen MR) is 93.3 cm³/mol. The summed E-state index contributed by atoms with van der Waals surface area (Å²) in [5, 5.41) is 0. The lowest BCUT2D eigenvalue weighted by Crippen LogP contribution is -2.13. The summed E-state index contributed by atoms with van der Waals surface area (Å²) in [5.74, 6) is 0.258. The van der Waals surface area contributed by atoms with E-state index in [1.807, 2.05) is 13.0 Å². The summed E-state index contributed by atoms with van der Waals surface area (Å²) in [7, 11) is 0. The van der Waals surface area contributed by atoms with Crippen molar-refractivity contribution in [1.29, 1.82) is 0 Å². The predicted octanol–water partition coefficient (Wildman–Crippen LogP) is 4.96. The van der Waals surface area contributed by atoms with Gasteiger partial charge in [0.05, 0.1) is 0 Å². The number of hydrogen-bond acceptors (Lipinski definition) is 2. The van der Waals surface area contributed by atoms with Crippen molar-refractivity contribution in [2.24, 2.45) is 0 Å². The van der Waals surface area contributed by atoms with Crippen molar-refractivity contribution in [2.75, 3.05) is 0 Å². The maximum absolute atomic E-state index is 12.5. The van der Waals surface area contributed by atoms with Crippen LogP contribution in [0.3, 0.4) is 0 Å². The number of aryl methyl sites for hydroxylation is 3. The van der Waals surface area contributed by atoms with Crippen molar-refractivity contribution >= 4 is 5.97 Å². The molecule has 0 aromatic heterocycles. The number of hydrogen-bond donors (Lipinski definition) is 0. The van der Waals surface area contributed by atoms with Gasteiger partial charge >= 0.3 is 5.97 Å². The van der Waals surface area contributed by atoms with Crippen LogP contribution in [0, 0.1) is 20.8 Å². The standard InChI is InChI=1S/C21H24O2/c1-12-7-8-15(9-13(12)2)18-17-11-16(21(4,5)6)10-14(3)19(17)23-20(18)22/h7-11,18H,1-6H3. The van der Waals surface area contributed by atoms with Gasteiger partial charge in [0.15, 0.2) is 0 Å². The van der Waals surface area contributed by atoms with Gasteiger partial charge in [0, 0.05) is 5.56 Å². The van der Waals surface area contributed by atoms with E-state index >= 15 is 0 Å². The molecule has 1 unspecified atom stereocenters. The van der Waals surface area contributed by atoms with Gasteiger partial charge in [-0.1, -0.05) is 51.1 Å². The zero-order chi connectivity index (χ0) is 16.9. The number of benzene rings is 2. The Morgan fingerprint density at radius 2 is 1.61 bits per heavy atom. The quantitative estimate of drug-likeness (QED) is 0.550. The van der Waals surface area contributed by atoms with Gasteiger partial charge in [0.25, 0.3) is 0 Å². The third-order valence-corrected chi connectivity index (χ3v) is 4.78. The van der Waals surface area contributed by atoms with Crippen molar-refractivity contribution in [1.82, 2.24) is 0 Å². The second-order valence-electron chi connectivity index (χ2n) is 7.66. The van der Waals surface area contributed by atoms with Crippen LogP contribution in [0.15, 0.2) is 30.3 Å². The zero-order valence-electron chi connectivity index (χ0n) is 14.8. The molecule has 2 nitrogen and oxygen atoms in total. The lowest BCUT2D eigenvalue weighted by atomic mass is 9.82. The Morgan fingerprint density at radius 3 is 2.22 bits per heavy atom. The first-order chi connectivity index (χ1) is 10.7. The Morgan fingerprint density at radius 1 is 0.913 bits per heavy atom. The van der Waals surface area contributed by atoms with E-state index in [1.54, 1.807) is 0 Å². The minimum atomic E-state index is -0.315. The van der Waals surface area contributed by atoms with Crippen LogP contribution in [0.4, 0.5) is 0 Å². The zero-order valence-corrected chi connectivity index (χ0v) is 14.8. The summed E-state index contributed by atoms with van der Waals surface area (Å²) in [6.07, 6.45) is 0. The molecule has 0 bridgehead atoms. The number of fused-ring (bicyclic) bond motifs is 1. The van der Waals surface area contributed by atoms with E-state index in [4.69, 9.17) is 4.74 Å². The van der Waals surface area contributed by atoms with Crippen molar-refractivity contribution < 1.29 is 9.53 Å². The van der Waals surface area contributed by atoms with Crippen LogP contribution in [-0.2, 0) is 10.2 Å². The van der Waals surface area contributed by atoms with Crippen molar-refractivity contribution in [3.8, 4) is 5.75 Å². The van der Waals surface area contributed by atoms with Gasteiger partial charge in [0.1, 0.15) is 11.7 Å². The molecule has 0 N–H and O–H groups in total. The number of ether oxygens (including phenoxy) is 1. The molecule has 23 heavy (non-hydrogen) atoms. The molecule has 0 saturated carbocycles. The first kappa shape index (κ1) is 15.8. The van der Waals surface area contributed by atoms with Gasteiger partial charge in [-0.25, -0.2) is 0 Å². The molecule has 0 spiro atoms. The van der Waals surface area contributed by atoms with Gasteiger partial charge < -0.3 is 4.74 Å². The van der Waals surface area contributed by atoms with Gasteiger partial charge in [0.2, 0.25) is 0 Å². The lowest BCUT2D eigenvalue weighted by Gasteiger charge is -2.21. The molecule has 0 amide bonds. The summed E-state index contributed by atoms with van der Waals surface area (Å²) in [6, 6.07) is 10.5. The summed E-state index contributed by atoms with van der Waals surface area (Å²) in [6.45, 7) is 12.8. The molecule has 1 atom stereocenters. The third-order valence-electron chi connectivity index (χ3n) is 4.78. The van der Waals surface area contributed by atoms with Crippen molar-refractivity contribution in [2.45, 2.75) is 52.9 Å². The van der Waals surface area contributed by atoms with Gasteiger partial charge in [-0.05, 0) is 54.0 Å². The van der Waals surface area contributed by atoms with Crippen LogP contribution in [0.5, 0.6) is 5.75 Å². The highest BCUT2D eigenvalue weighted by atomic mass is 16.5. The van der Waals surface area contributed by atoms with E-state index in [9.17, 15) is 4.79 Å². The minimum absolute atomic E-state index is 0.0408. The van der Waals surface area contributed by atoms with Crippen LogP contribution in [-0.4, -0.2) is 5.97 Å². The van der Waals surface area contributed by atoms with E-state index in [1.165, 1.54) is 16.7 Å². The minimum Gasteiger partial charge on any atom is -0.425 e. The molecular formula is C21H24O2. The Kier molecular flexibility index (Phi) is 3.59. The highest BCUT2D eigenvalue weighted by Gasteiger charge is 2.36. The molecule has 1 heterocycles. The topological polar surface area (TPSA) is 26.3 Å². The van der Waals surface area contributed by atoms with Crippen molar-refractivity contribution in [3.63, 3.8) is 0 Å². The average Bonchev–Trinajstić information content (AvgIpc) is 2.78. The number of carbonyl (C=O) groups is 1. The number of carbonyl (C=O) groups excluding carboxylic acids is 1. The largest absolute Gasteiger partial charge is 0.425 e. The maximum atomic E-state index is 12.5. The van der Waals surface area contributed by atoms with E-state index in [-0.39, 0.29) is 17.3 Å². The van der Waals surface area contributed by atoms with Gasteiger partial charge in [-0.15, -0.1) is 0 Å². The Hall–Kier alpha value is -2.09. The normalized spacial score (nSPS) is 17.1. The summed E-state index contributed by atoms with van der Waals surface area (Å²) in [5.41, 5.74) is 6.77.